The number of hydrogen-bond donors (Lipinski definition) is 1. The maximum Gasteiger partial charge on any atom is 0.243 e. The lowest BCUT2D eigenvalue weighted by molar-refractivity contribution is -0.122. The number of benzene rings is 2. The molecule has 1 atom stereocenters. The average molecular weight is 476 g/mol. The Bertz CT molecular complexity index is 1110. The Morgan fingerprint density at radius 2 is 1.78 bits per heavy atom. The van der Waals surface area contributed by atoms with Crippen LogP contribution >= 0.6 is 11.6 Å². The Labute approximate surface area is 193 Å². The van der Waals surface area contributed by atoms with E-state index in [9.17, 15) is 18.0 Å². The fraction of sp³-hybridized carbons (Fsp3) is 0.391. The monoisotopic (exact) mass is 475 g/mol. The zero-order chi connectivity index (χ0) is 22.9. The van der Waals surface area contributed by atoms with Gasteiger partial charge in [0.05, 0.1) is 10.8 Å². The van der Waals surface area contributed by atoms with Gasteiger partial charge in [-0.05, 0) is 61.2 Å². The molecule has 2 aromatic carbocycles. The van der Waals surface area contributed by atoms with Crippen molar-refractivity contribution in [3.8, 4) is 0 Å². The van der Waals surface area contributed by atoms with Gasteiger partial charge in [0, 0.05) is 42.5 Å². The summed E-state index contributed by atoms with van der Waals surface area (Å²) in [6.07, 6.45) is 1.83. The molecule has 0 spiro atoms. The van der Waals surface area contributed by atoms with E-state index in [1.54, 1.807) is 41.3 Å². The highest BCUT2D eigenvalue weighted by Gasteiger charge is 2.35. The molecule has 0 bridgehead atoms. The molecular formula is C23H26ClN3O4S. The Balaban J connectivity index is 1.39. The first-order chi connectivity index (χ1) is 15.2. The Kier molecular flexibility index (Phi) is 6.55. The number of anilines is 2. The molecule has 2 amide bonds. The smallest absolute Gasteiger partial charge is 0.243 e. The van der Waals surface area contributed by atoms with Gasteiger partial charge in [0.15, 0.2) is 0 Å². The number of amides is 2. The van der Waals surface area contributed by atoms with Gasteiger partial charge in [0.1, 0.15) is 0 Å². The summed E-state index contributed by atoms with van der Waals surface area (Å²) in [7, 11) is -3.54. The van der Waals surface area contributed by atoms with Crippen LogP contribution in [-0.2, 0) is 19.6 Å². The molecule has 4 rings (SSSR count). The number of carbonyl (C=O) groups is 2. The van der Waals surface area contributed by atoms with E-state index < -0.39 is 15.9 Å². The second kappa shape index (κ2) is 9.21. The molecule has 0 radical (unpaired) electrons. The van der Waals surface area contributed by atoms with Crippen molar-refractivity contribution < 1.29 is 18.0 Å². The van der Waals surface area contributed by atoms with Gasteiger partial charge in [-0.15, -0.1) is 0 Å². The van der Waals surface area contributed by atoms with Crippen LogP contribution in [0.5, 0.6) is 0 Å². The zero-order valence-corrected chi connectivity index (χ0v) is 19.4. The van der Waals surface area contributed by atoms with Gasteiger partial charge in [-0.25, -0.2) is 8.42 Å². The van der Waals surface area contributed by atoms with E-state index in [4.69, 9.17) is 11.6 Å². The molecule has 1 N–H and O–H groups in total. The normalized spacial score (nSPS) is 20.5. The zero-order valence-electron chi connectivity index (χ0n) is 17.8. The number of carbonyl (C=O) groups excluding carboxylic acids is 2. The molecule has 2 aliphatic heterocycles. The summed E-state index contributed by atoms with van der Waals surface area (Å²) in [5.41, 5.74) is 1.16. The summed E-state index contributed by atoms with van der Waals surface area (Å²) >= 11 is 6.01. The lowest BCUT2D eigenvalue weighted by atomic mass is 10.0. The van der Waals surface area contributed by atoms with Crippen molar-refractivity contribution in [2.24, 2.45) is 11.8 Å². The highest BCUT2D eigenvalue weighted by molar-refractivity contribution is 7.89. The third-order valence-electron chi connectivity index (χ3n) is 6.12. The van der Waals surface area contributed by atoms with E-state index in [2.05, 4.69) is 12.2 Å². The summed E-state index contributed by atoms with van der Waals surface area (Å²) in [5.74, 6) is -0.371. The Morgan fingerprint density at radius 1 is 1.09 bits per heavy atom. The molecule has 0 saturated carbocycles. The van der Waals surface area contributed by atoms with Gasteiger partial charge in [-0.1, -0.05) is 24.6 Å². The molecule has 2 fully saturated rings. The second-order valence-corrected chi connectivity index (χ2v) is 10.9. The third-order valence-corrected chi connectivity index (χ3v) is 8.27. The summed E-state index contributed by atoms with van der Waals surface area (Å²) in [6.45, 7) is 3.46. The maximum atomic E-state index is 12.9. The highest BCUT2D eigenvalue weighted by atomic mass is 35.5. The second-order valence-electron chi connectivity index (χ2n) is 8.49. The fourth-order valence-corrected chi connectivity index (χ4v) is 5.76. The topological polar surface area (TPSA) is 86.8 Å². The average Bonchev–Trinajstić information content (AvgIpc) is 3.16. The van der Waals surface area contributed by atoms with Crippen LogP contribution in [0.15, 0.2) is 53.4 Å². The van der Waals surface area contributed by atoms with E-state index in [1.165, 1.54) is 16.4 Å². The Hall–Kier alpha value is -2.42. The number of rotatable bonds is 5. The minimum Gasteiger partial charge on any atom is -0.326 e. The largest absolute Gasteiger partial charge is 0.326 e. The van der Waals surface area contributed by atoms with Gasteiger partial charge in [0.2, 0.25) is 21.8 Å². The summed E-state index contributed by atoms with van der Waals surface area (Å²) in [6, 6.07) is 13.2. The predicted molar refractivity (Wildman–Crippen MR) is 124 cm³/mol. The van der Waals surface area contributed by atoms with Gasteiger partial charge in [-0.2, -0.15) is 4.31 Å². The van der Waals surface area contributed by atoms with Gasteiger partial charge >= 0.3 is 0 Å². The van der Waals surface area contributed by atoms with Crippen LogP contribution in [0.2, 0.25) is 5.02 Å². The molecular weight excluding hydrogens is 450 g/mol. The fourth-order valence-electron chi connectivity index (χ4n) is 4.11. The molecule has 2 saturated heterocycles. The number of nitrogens with one attached hydrogen (secondary N) is 1. The van der Waals surface area contributed by atoms with E-state index in [1.807, 2.05) is 0 Å². The van der Waals surface area contributed by atoms with E-state index in [0.717, 1.165) is 12.8 Å². The van der Waals surface area contributed by atoms with Crippen molar-refractivity contribution in [2.45, 2.75) is 31.1 Å². The number of halogens is 1. The standard InChI is InChI=1S/C23H26ClN3O4S/c1-16-9-11-26(12-10-16)32(30,31)21-7-5-19(6-8-21)25-23(29)17-13-22(28)27(15-17)20-4-2-3-18(24)14-20/h2-8,14,16-17H,9-13,15H2,1H3,(H,25,29). The SMILES string of the molecule is CC1CCN(S(=O)(=O)c2ccc(NC(=O)C3CC(=O)N(c4cccc(Cl)c4)C3)cc2)CC1. The molecule has 0 aliphatic carbocycles. The lowest BCUT2D eigenvalue weighted by Crippen LogP contribution is -2.37. The van der Waals surface area contributed by atoms with E-state index in [-0.39, 0.29) is 29.7 Å². The van der Waals surface area contributed by atoms with Crippen LogP contribution < -0.4 is 10.2 Å². The van der Waals surface area contributed by atoms with Crippen molar-refractivity contribution >= 4 is 44.8 Å². The van der Waals surface area contributed by atoms with Crippen LogP contribution in [0.4, 0.5) is 11.4 Å². The van der Waals surface area contributed by atoms with Gasteiger partial charge < -0.3 is 10.2 Å². The molecule has 7 nitrogen and oxygen atoms in total. The number of hydrogen-bond acceptors (Lipinski definition) is 4. The molecule has 2 aromatic rings. The number of piperidine rings is 1. The molecule has 0 aromatic heterocycles. The van der Waals surface area contributed by atoms with E-state index >= 15 is 0 Å². The van der Waals surface area contributed by atoms with E-state index in [0.29, 0.717) is 35.4 Å². The third kappa shape index (κ3) is 4.82. The molecule has 32 heavy (non-hydrogen) atoms. The quantitative estimate of drug-likeness (QED) is 0.713. The van der Waals surface area contributed by atoms with Crippen molar-refractivity contribution in [3.63, 3.8) is 0 Å². The lowest BCUT2D eigenvalue weighted by Gasteiger charge is -2.29. The summed E-state index contributed by atoms with van der Waals surface area (Å²) in [5, 5.41) is 3.32. The van der Waals surface area contributed by atoms with Crippen molar-refractivity contribution in [1.82, 2.24) is 4.31 Å². The predicted octanol–water partition coefficient (Wildman–Crippen LogP) is 3.75. The first-order valence-corrected chi connectivity index (χ1v) is 12.5. The molecule has 2 aliphatic rings. The maximum absolute atomic E-state index is 12.9. The summed E-state index contributed by atoms with van der Waals surface area (Å²) < 4.78 is 27.2. The molecule has 170 valence electrons. The molecule has 9 heteroatoms. The van der Waals surface area contributed by atoms with Gasteiger partial charge in [-0.3, -0.25) is 9.59 Å². The summed E-state index contributed by atoms with van der Waals surface area (Å²) in [4.78, 5) is 26.9. The van der Waals surface area contributed by atoms with Crippen LogP contribution in [0.25, 0.3) is 0 Å². The van der Waals surface area contributed by atoms with Crippen LogP contribution in [-0.4, -0.2) is 44.2 Å². The first-order valence-electron chi connectivity index (χ1n) is 10.7. The highest BCUT2D eigenvalue weighted by Crippen LogP contribution is 2.28. The Morgan fingerprint density at radius 3 is 2.44 bits per heavy atom. The molecule has 1 unspecified atom stereocenters. The first kappa shape index (κ1) is 22.8. The number of sulfonamides is 1. The minimum absolute atomic E-state index is 0.109. The van der Waals surface area contributed by atoms with Gasteiger partial charge in [0.25, 0.3) is 0 Å². The minimum atomic E-state index is -3.54. The van der Waals surface area contributed by atoms with Crippen molar-refractivity contribution in [1.29, 1.82) is 0 Å². The van der Waals surface area contributed by atoms with Crippen molar-refractivity contribution in [3.05, 3.63) is 53.6 Å². The van der Waals surface area contributed by atoms with Crippen molar-refractivity contribution in [2.75, 3.05) is 29.9 Å². The van der Waals surface area contributed by atoms with Crippen LogP contribution in [0.1, 0.15) is 26.2 Å². The van der Waals surface area contributed by atoms with Crippen LogP contribution in [0, 0.1) is 11.8 Å². The van der Waals surface area contributed by atoms with Crippen LogP contribution in [0.3, 0.4) is 0 Å². The molecule has 2 heterocycles. The number of nitrogens with zero attached hydrogens (tertiary/aromatic N) is 2.